The standard InChI is InChI=1S/C11H11NOS/c1-12-8-7-10(11(12)13)14-9-5-3-2-4-6-9/h2-7H,8H2,1H3. The van der Waals surface area contributed by atoms with Gasteiger partial charge in [0, 0.05) is 18.5 Å². The Hall–Kier alpha value is -1.22. The lowest BCUT2D eigenvalue weighted by atomic mass is 10.4. The van der Waals surface area contributed by atoms with Crippen LogP contribution in [0.2, 0.25) is 0 Å². The van der Waals surface area contributed by atoms with Crippen molar-refractivity contribution in [3.8, 4) is 0 Å². The number of carbonyl (C=O) groups is 1. The van der Waals surface area contributed by atoms with Gasteiger partial charge in [-0.15, -0.1) is 0 Å². The highest BCUT2D eigenvalue weighted by atomic mass is 32.2. The van der Waals surface area contributed by atoms with Gasteiger partial charge in [0.25, 0.3) is 5.91 Å². The van der Waals surface area contributed by atoms with Gasteiger partial charge in [0.1, 0.15) is 0 Å². The summed E-state index contributed by atoms with van der Waals surface area (Å²) >= 11 is 1.53. The minimum atomic E-state index is 0.124. The van der Waals surface area contributed by atoms with E-state index in [0.29, 0.717) is 0 Å². The summed E-state index contributed by atoms with van der Waals surface area (Å²) in [4.78, 5) is 15.2. The normalized spacial score (nSPS) is 15.9. The average Bonchev–Trinajstić information content (AvgIpc) is 2.52. The minimum absolute atomic E-state index is 0.124. The van der Waals surface area contributed by atoms with Gasteiger partial charge in [0.15, 0.2) is 0 Å². The number of likely N-dealkylation sites (N-methyl/N-ethyl adjacent to an activating group) is 1. The van der Waals surface area contributed by atoms with Crippen molar-refractivity contribution in [2.45, 2.75) is 4.90 Å². The lowest BCUT2D eigenvalue weighted by Crippen LogP contribution is -2.20. The van der Waals surface area contributed by atoms with Crippen LogP contribution in [0.5, 0.6) is 0 Å². The zero-order valence-electron chi connectivity index (χ0n) is 7.93. The Morgan fingerprint density at radius 3 is 2.57 bits per heavy atom. The monoisotopic (exact) mass is 205 g/mol. The van der Waals surface area contributed by atoms with E-state index in [1.807, 2.05) is 43.5 Å². The van der Waals surface area contributed by atoms with Crippen LogP contribution in [0.3, 0.4) is 0 Å². The molecule has 0 unspecified atom stereocenters. The zero-order chi connectivity index (χ0) is 9.97. The Bertz CT molecular complexity index is 372. The van der Waals surface area contributed by atoms with Crippen molar-refractivity contribution in [3.05, 3.63) is 41.3 Å². The van der Waals surface area contributed by atoms with Gasteiger partial charge in [-0.05, 0) is 18.2 Å². The summed E-state index contributed by atoms with van der Waals surface area (Å²) in [5.41, 5.74) is 0. The second kappa shape index (κ2) is 3.88. The molecule has 0 saturated heterocycles. The van der Waals surface area contributed by atoms with Crippen molar-refractivity contribution >= 4 is 17.7 Å². The van der Waals surface area contributed by atoms with Crippen LogP contribution in [0.4, 0.5) is 0 Å². The molecule has 0 bridgehead atoms. The first kappa shape index (κ1) is 9.34. The summed E-state index contributed by atoms with van der Waals surface area (Å²) in [6.45, 7) is 0.730. The van der Waals surface area contributed by atoms with Gasteiger partial charge >= 0.3 is 0 Å². The molecule has 1 amide bonds. The van der Waals surface area contributed by atoms with Gasteiger partial charge in [0.05, 0.1) is 4.91 Å². The van der Waals surface area contributed by atoms with Crippen molar-refractivity contribution in [2.24, 2.45) is 0 Å². The van der Waals surface area contributed by atoms with E-state index in [1.54, 1.807) is 4.90 Å². The Labute approximate surface area is 87.6 Å². The minimum Gasteiger partial charge on any atom is -0.337 e. The van der Waals surface area contributed by atoms with E-state index < -0.39 is 0 Å². The molecule has 1 heterocycles. The number of thioether (sulfide) groups is 1. The van der Waals surface area contributed by atoms with Crippen LogP contribution >= 0.6 is 11.8 Å². The fourth-order valence-corrected chi connectivity index (χ4v) is 2.23. The molecule has 0 aliphatic carbocycles. The second-order valence-electron chi connectivity index (χ2n) is 3.17. The third-order valence-electron chi connectivity index (χ3n) is 2.08. The molecule has 2 rings (SSSR count). The highest BCUT2D eigenvalue weighted by molar-refractivity contribution is 8.04. The summed E-state index contributed by atoms with van der Waals surface area (Å²) in [5.74, 6) is 0.124. The number of hydrogen-bond donors (Lipinski definition) is 0. The number of carbonyl (C=O) groups excluding carboxylic acids is 1. The number of nitrogens with zero attached hydrogens (tertiary/aromatic N) is 1. The largest absolute Gasteiger partial charge is 0.337 e. The first-order valence-electron chi connectivity index (χ1n) is 4.46. The third-order valence-corrected chi connectivity index (χ3v) is 3.15. The van der Waals surface area contributed by atoms with Crippen LogP contribution in [0.25, 0.3) is 0 Å². The van der Waals surface area contributed by atoms with Crippen LogP contribution in [-0.2, 0) is 4.79 Å². The number of benzene rings is 1. The van der Waals surface area contributed by atoms with Gasteiger partial charge in [-0.3, -0.25) is 4.79 Å². The van der Waals surface area contributed by atoms with Crippen LogP contribution in [0, 0.1) is 0 Å². The van der Waals surface area contributed by atoms with Gasteiger partial charge < -0.3 is 4.90 Å². The summed E-state index contributed by atoms with van der Waals surface area (Å²) in [6, 6.07) is 9.95. The summed E-state index contributed by atoms with van der Waals surface area (Å²) in [7, 11) is 1.82. The van der Waals surface area contributed by atoms with Gasteiger partial charge in [-0.25, -0.2) is 0 Å². The number of rotatable bonds is 2. The Morgan fingerprint density at radius 1 is 1.29 bits per heavy atom. The topological polar surface area (TPSA) is 20.3 Å². The predicted octanol–water partition coefficient (Wildman–Crippen LogP) is 2.13. The first-order chi connectivity index (χ1) is 6.77. The van der Waals surface area contributed by atoms with Crippen molar-refractivity contribution in [2.75, 3.05) is 13.6 Å². The van der Waals surface area contributed by atoms with E-state index in [-0.39, 0.29) is 5.91 Å². The van der Waals surface area contributed by atoms with E-state index in [4.69, 9.17) is 0 Å². The van der Waals surface area contributed by atoms with Crippen molar-refractivity contribution in [3.63, 3.8) is 0 Å². The van der Waals surface area contributed by atoms with Crippen LogP contribution in [-0.4, -0.2) is 24.4 Å². The maximum absolute atomic E-state index is 11.5. The molecule has 0 saturated carbocycles. The van der Waals surface area contributed by atoms with Gasteiger partial charge in [-0.2, -0.15) is 0 Å². The quantitative estimate of drug-likeness (QED) is 0.737. The molecular formula is C11H11NOS. The molecule has 0 fully saturated rings. The van der Waals surface area contributed by atoms with E-state index >= 15 is 0 Å². The first-order valence-corrected chi connectivity index (χ1v) is 5.27. The van der Waals surface area contributed by atoms with Crippen molar-refractivity contribution < 1.29 is 4.79 Å². The van der Waals surface area contributed by atoms with Crippen LogP contribution in [0.15, 0.2) is 46.2 Å². The summed E-state index contributed by atoms with van der Waals surface area (Å²) in [6.07, 6.45) is 1.97. The molecular weight excluding hydrogens is 194 g/mol. The molecule has 2 nitrogen and oxygen atoms in total. The van der Waals surface area contributed by atoms with E-state index in [2.05, 4.69) is 0 Å². The van der Waals surface area contributed by atoms with Gasteiger partial charge in [-0.1, -0.05) is 30.0 Å². The Kier molecular flexibility index (Phi) is 2.59. The van der Waals surface area contributed by atoms with Crippen LogP contribution < -0.4 is 0 Å². The second-order valence-corrected chi connectivity index (χ2v) is 4.28. The summed E-state index contributed by atoms with van der Waals surface area (Å²) < 4.78 is 0. The molecule has 14 heavy (non-hydrogen) atoms. The van der Waals surface area contributed by atoms with E-state index in [9.17, 15) is 4.79 Å². The maximum atomic E-state index is 11.5. The molecule has 0 radical (unpaired) electrons. The smallest absolute Gasteiger partial charge is 0.260 e. The lowest BCUT2D eigenvalue weighted by Gasteiger charge is -2.07. The molecule has 1 aliphatic rings. The van der Waals surface area contributed by atoms with Crippen molar-refractivity contribution in [1.29, 1.82) is 0 Å². The van der Waals surface area contributed by atoms with Gasteiger partial charge in [0.2, 0.25) is 0 Å². The molecule has 1 aromatic rings. The predicted molar refractivity (Wildman–Crippen MR) is 58.0 cm³/mol. The molecule has 0 atom stereocenters. The molecule has 72 valence electrons. The summed E-state index contributed by atoms with van der Waals surface area (Å²) in [5, 5.41) is 0. The fraction of sp³-hybridized carbons (Fsp3) is 0.182. The van der Waals surface area contributed by atoms with E-state index in [0.717, 1.165) is 16.3 Å². The van der Waals surface area contributed by atoms with Crippen molar-refractivity contribution in [1.82, 2.24) is 4.90 Å². The Balaban J connectivity index is 2.10. The third kappa shape index (κ3) is 1.82. The van der Waals surface area contributed by atoms with Crippen LogP contribution in [0.1, 0.15) is 0 Å². The zero-order valence-corrected chi connectivity index (χ0v) is 8.75. The van der Waals surface area contributed by atoms with E-state index in [1.165, 1.54) is 11.8 Å². The maximum Gasteiger partial charge on any atom is 0.260 e. The highest BCUT2D eigenvalue weighted by Crippen LogP contribution is 2.29. The highest BCUT2D eigenvalue weighted by Gasteiger charge is 2.20. The lowest BCUT2D eigenvalue weighted by molar-refractivity contribution is -0.123. The number of amides is 1. The fourth-order valence-electron chi connectivity index (χ4n) is 1.28. The SMILES string of the molecule is CN1CC=C(Sc2ccccc2)C1=O. The molecule has 0 N–H and O–H groups in total. The molecule has 1 aliphatic heterocycles. The average molecular weight is 205 g/mol. The Morgan fingerprint density at radius 2 is 2.00 bits per heavy atom. The molecule has 1 aromatic carbocycles. The molecule has 3 heteroatoms. The number of hydrogen-bond acceptors (Lipinski definition) is 2. The molecule has 0 aromatic heterocycles. The molecule has 0 spiro atoms.